The zero-order chi connectivity index (χ0) is 18.7. The lowest BCUT2D eigenvalue weighted by Gasteiger charge is -2.32. The number of methoxy groups -OCH3 is 2. The Bertz CT molecular complexity index is 836. The average Bonchev–Trinajstić information content (AvgIpc) is 2.65. The summed E-state index contributed by atoms with van der Waals surface area (Å²) in [6.45, 7) is 1.55. The van der Waals surface area contributed by atoms with E-state index in [2.05, 4.69) is 5.32 Å². The number of hydrogen-bond acceptors (Lipinski definition) is 5. The van der Waals surface area contributed by atoms with Gasteiger partial charge in [0.1, 0.15) is 12.3 Å². The molecule has 2 amide bonds. The minimum Gasteiger partial charge on any atom is -0.493 e. The van der Waals surface area contributed by atoms with Crippen LogP contribution in [0.15, 0.2) is 42.5 Å². The van der Waals surface area contributed by atoms with Crippen LogP contribution >= 0.6 is 0 Å². The number of fused-ring (bicyclic) bond motifs is 1. The van der Waals surface area contributed by atoms with Crippen molar-refractivity contribution < 1.29 is 23.8 Å². The monoisotopic (exact) mass is 356 g/mol. The number of nitrogens with one attached hydrogen (secondary N) is 1. The summed E-state index contributed by atoms with van der Waals surface area (Å²) in [7, 11) is 3.06. The molecule has 0 aromatic heterocycles. The van der Waals surface area contributed by atoms with Crippen molar-refractivity contribution in [3.05, 3.63) is 42.5 Å². The first-order valence-electron chi connectivity index (χ1n) is 8.12. The maximum absolute atomic E-state index is 12.5. The lowest BCUT2D eigenvalue weighted by molar-refractivity contribution is -0.127. The van der Waals surface area contributed by atoms with Crippen molar-refractivity contribution in [2.24, 2.45) is 0 Å². The number of benzene rings is 2. The average molecular weight is 356 g/mol. The van der Waals surface area contributed by atoms with Gasteiger partial charge >= 0.3 is 0 Å². The Morgan fingerprint density at radius 1 is 1.15 bits per heavy atom. The Morgan fingerprint density at radius 3 is 2.62 bits per heavy atom. The summed E-state index contributed by atoms with van der Waals surface area (Å²) in [5, 5.41) is 2.77. The molecule has 0 radical (unpaired) electrons. The van der Waals surface area contributed by atoms with E-state index in [1.165, 1.54) is 12.0 Å². The molecule has 136 valence electrons. The molecule has 2 aromatic rings. The highest BCUT2D eigenvalue weighted by Crippen LogP contribution is 2.34. The van der Waals surface area contributed by atoms with Crippen molar-refractivity contribution in [3.63, 3.8) is 0 Å². The zero-order valence-electron chi connectivity index (χ0n) is 14.8. The van der Waals surface area contributed by atoms with Gasteiger partial charge < -0.3 is 19.5 Å². The Labute approximate surface area is 151 Å². The van der Waals surface area contributed by atoms with E-state index >= 15 is 0 Å². The Balaban J connectivity index is 1.77. The molecule has 1 atom stereocenters. The molecule has 0 unspecified atom stereocenters. The third kappa shape index (κ3) is 3.42. The predicted molar refractivity (Wildman–Crippen MR) is 97.1 cm³/mol. The van der Waals surface area contributed by atoms with Gasteiger partial charge in [-0.25, -0.2) is 0 Å². The normalized spacial score (nSPS) is 15.7. The van der Waals surface area contributed by atoms with Gasteiger partial charge in [-0.15, -0.1) is 0 Å². The second-order valence-corrected chi connectivity index (χ2v) is 5.77. The van der Waals surface area contributed by atoms with E-state index in [1.54, 1.807) is 50.4 Å². The molecule has 1 aliphatic rings. The predicted octanol–water partition coefficient (Wildman–Crippen LogP) is 2.46. The molecule has 3 rings (SSSR count). The molecular formula is C19H20N2O5. The van der Waals surface area contributed by atoms with E-state index in [-0.39, 0.29) is 18.4 Å². The van der Waals surface area contributed by atoms with Gasteiger partial charge in [-0.2, -0.15) is 0 Å². The number of rotatable bonds is 5. The van der Waals surface area contributed by atoms with Crippen LogP contribution in [0.4, 0.5) is 11.4 Å². The Morgan fingerprint density at radius 2 is 1.88 bits per heavy atom. The molecule has 0 aliphatic carbocycles. The molecule has 0 spiro atoms. The molecule has 7 heteroatoms. The van der Waals surface area contributed by atoms with Gasteiger partial charge in [0.25, 0.3) is 5.91 Å². The quantitative estimate of drug-likeness (QED) is 0.890. The van der Waals surface area contributed by atoms with Crippen LogP contribution in [0.25, 0.3) is 0 Å². The highest BCUT2D eigenvalue weighted by atomic mass is 16.5. The molecule has 26 heavy (non-hydrogen) atoms. The molecule has 0 fully saturated rings. The number of carbonyl (C=O) groups excluding carboxylic acids is 2. The van der Waals surface area contributed by atoms with Crippen molar-refractivity contribution in [2.45, 2.75) is 13.0 Å². The molecule has 1 heterocycles. The second kappa shape index (κ2) is 7.35. The van der Waals surface area contributed by atoms with Crippen LogP contribution < -0.4 is 24.4 Å². The highest BCUT2D eigenvalue weighted by Gasteiger charge is 2.32. The first-order valence-corrected chi connectivity index (χ1v) is 8.12. The molecule has 0 saturated carbocycles. The van der Waals surface area contributed by atoms with Crippen LogP contribution in [0.2, 0.25) is 0 Å². The molecule has 7 nitrogen and oxygen atoms in total. The number of amides is 2. The third-order valence-electron chi connectivity index (χ3n) is 4.04. The smallest absolute Gasteiger partial charge is 0.268 e. The fraction of sp³-hybridized carbons (Fsp3) is 0.263. The SMILES string of the molecule is COc1ccc(NC(=O)CN2C(=O)[C@H](C)Oc3ccccc32)cc1OC. The number of anilines is 2. The van der Waals surface area contributed by atoms with E-state index in [0.717, 1.165) is 0 Å². The van der Waals surface area contributed by atoms with E-state index in [9.17, 15) is 9.59 Å². The molecule has 1 aliphatic heterocycles. The molecule has 1 N–H and O–H groups in total. The topological polar surface area (TPSA) is 77.1 Å². The van der Waals surface area contributed by atoms with Crippen LogP contribution in [0.5, 0.6) is 17.2 Å². The van der Waals surface area contributed by atoms with E-state index < -0.39 is 6.10 Å². The van der Waals surface area contributed by atoms with Crippen LogP contribution in [0, 0.1) is 0 Å². The fourth-order valence-corrected chi connectivity index (χ4v) is 2.78. The standard InChI is InChI=1S/C19H20N2O5/c1-12-19(23)21(14-6-4-5-7-15(14)26-12)11-18(22)20-13-8-9-16(24-2)17(10-13)25-3/h4-10,12H,11H2,1-3H3,(H,20,22)/t12-/m0/s1. The fourth-order valence-electron chi connectivity index (χ4n) is 2.78. The molecule has 0 bridgehead atoms. The first-order chi connectivity index (χ1) is 12.5. The van der Waals surface area contributed by atoms with Crippen molar-refractivity contribution in [2.75, 3.05) is 31.0 Å². The van der Waals surface area contributed by atoms with Crippen molar-refractivity contribution in [1.29, 1.82) is 0 Å². The number of nitrogens with zero attached hydrogens (tertiary/aromatic N) is 1. The maximum atomic E-state index is 12.5. The summed E-state index contributed by atoms with van der Waals surface area (Å²) >= 11 is 0. The molecular weight excluding hydrogens is 336 g/mol. The van der Waals surface area contributed by atoms with Gasteiger partial charge in [-0.1, -0.05) is 12.1 Å². The lowest BCUT2D eigenvalue weighted by atomic mass is 10.2. The molecule has 2 aromatic carbocycles. The van der Waals surface area contributed by atoms with Gasteiger partial charge in [0.05, 0.1) is 19.9 Å². The minimum atomic E-state index is -0.640. The number of hydrogen-bond donors (Lipinski definition) is 1. The van der Waals surface area contributed by atoms with Crippen LogP contribution in [-0.4, -0.2) is 38.7 Å². The Kier molecular flexibility index (Phi) is 4.97. The summed E-state index contributed by atoms with van der Waals surface area (Å²) < 4.78 is 16.0. The van der Waals surface area contributed by atoms with E-state index in [4.69, 9.17) is 14.2 Å². The van der Waals surface area contributed by atoms with Crippen molar-refractivity contribution in [3.8, 4) is 17.2 Å². The van der Waals surface area contributed by atoms with Gasteiger partial charge in [0, 0.05) is 11.8 Å². The minimum absolute atomic E-state index is 0.113. The van der Waals surface area contributed by atoms with Gasteiger partial charge in [-0.3, -0.25) is 14.5 Å². The maximum Gasteiger partial charge on any atom is 0.268 e. The van der Waals surface area contributed by atoms with E-state index in [0.29, 0.717) is 28.6 Å². The van der Waals surface area contributed by atoms with E-state index in [1.807, 2.05) is 6.07 Å². The first kappa shape index (κ1) is 17.6. The largest absolute Gasteiger partial charge is 0.493 e. The van der Waals surface area contributed by atoms with Gasteiger partial charge in [0.2, 0.25) is 5.91 Å². The van der Waals surface area contributed by atoms with Crippen LogP contribution in [-0.2, 0) is 9.59 Å². The summed E-state index contributed by atoms with van der Waals surface area (Å²) in [6.07, 6.45) is -0.640. The lowest BCUT2D eigenvalue weighted by Crippen LogP contribution is -2.47. The van der Waals surface area contributed by atoms with Crippen molar-refractivity contribution in [1.82, 2.24) is 0 Å². The van der Waals surface area contributed by atoms with Crippen LogP contribution in [0.1, 0.15) is 6.92 Å². The molecule has 0 saturated heterocycles. The van der Waals surface area contributed by atoms with Crippen molar-refractivity contribution >= 4 is 23.2 Å². The van der Waals surface area contributed by atoms with Gasteiger partial charge in [0.15, 0.2) is 17.6 Å². The zero-order valence-corrected chi connectivity index (χ0v) is 14.8. The van der Waals surface area contributed by atoms with Gasteiger partial charge in [-0.05, 0) is 31.2 Å². The Hall–Kier alpha value is -3.22. The summed E-state index contributed by atoms with van der Waals surface area (Å²) in [5.41, 5.74) is 1.13. The number of carbonyl (C=O) groups is 2. The number of ether oxygens (including phenoxy) is 3. The highest BCUT2D eigenvalue weighted by molar-refractivity contribution is 6.06. The summed E-state index contributed by atoms with van der Waals surface area (Å²) in [6, 6.07) is 12.2. The summed E-state index contributed by atoms with van der Waals surface area (Å²) in [5.74, 6) is 1.07. The van der Waals surface area contributed by atoms with Crippen LogP contribution in [0.3, 0.4) is 0 Å². The second-order valence-electron chi connectivity index (χ2n) is 5.77. The number of para-hydroxylation sites is 2. The third-order valence-corrected chi connectivity index (χ3v) is 4.04. The summed E-state index contributed by atoms with van der Waals surface area (Å²) in [4.78, 5) is 26.4.